The molecule has 2 aromatic rings. The third-order valence-corrected chi connectivity index (χ3v) is 17.0. The molecule has 2 atom stereocenters. The molecule has 0 radical (unpaired) electrons. The van der Waals surface area contributed by atoms with E-state index in [1.54, 1.807) is 58.0 Å². The Bertz CT molecular complexity index is 2100. The van der Waals surface area contributed by atoms with Gasteiger partial charge in [-0.05, 0) is 85.4 Å². The number of nitrogens with one attached hydrogen (secondary N) is 1. The lowest BCUT2D eigenvalue weighted by molar-refractivity contribution is -0.461. The lowest BCUT2D eigenvalue weighted by atomic mass is 9.88. The molecule has 70 heavy (non-hydrogen) atoms. The van der Waals surface area contributed by atoms with E-state index < -0.39 is 117 Å². The number of allylic oxidation sites excluding steroid dienone is 2. The fourth-order valence-electron chi connectivity index (χ4n) is 7.04. The Morgan fingerprint density at radius 2 is 1.11 bits per heavy atom. The van der Waals surface area contributed by atoms with E-state index >= 15 is 8.78 Å². The van der Waals surface area contributed by atoms with Crippen LogP contribution < -0.4 is 14.8 Å². The molecule has 398 valence electrons. The number of hydrogen-bond donors (Lipinski definition) is 1. The van der Waals surface area contributed by atoms with E-state index in [2.05, 4.69) is 5.32 Å². The second-order valence-electron chi connectivity index (χ2n) is 16.7. The number of ether oxygens (including phenoxy) is 4. The summed E-state index contributed by atoms with van der Waals surface area (Å²) in [7, 11) is -2.58. The number of benzene rings is 2. The van der Waals surface area contributed by atoms with E-state index in [0.717, 1.165) is 0 Å². The maximum atomic E-state index is 15.1. The predicted molar refractivity (Wildman–Crippen MR) is 223 cm³/mol. The van der Waals surface area contributed by atoms with E-state index in [0.29, 0.717) is 28.1 Å². The molecule has 0 aliphatic carbocycles. The highest BCUT2D eigenvalue weighted by atomic mass is 28.4. The number of alkyl halides is 17. The van der Waals surface area contributed by atoms with Crippen molar-refractivity contribution in [3.8, 4) is 11.5 Å². The fraction of sp³-hybridized carbons (Fsp3) is 0.591. The van der Waals surface area contributed by atoms with Crippen LogP contribution in [0.4, 0.5) is 85.1 Å². The number of anilines is 1. The van der Waals surface area contributed by atoms with Gasteiger partial charge in [-0.3, -0.25) is 5.32 Å². The molecule has 2 aromatic carbocycles. The van der Waals surface area contributed by atoms with Gasteiger partial charge in [0, 0.05) is 24.1 Å². The number of hydrogen-bond acceptors (Lipinski definition) is 7. The number of amides is 1. The zero-order valence-corrected chi connectivity index (χ0v) is 39.9. The number of carbonyl (C=O) groups is 2. The molecular formula is C44H52F17NO7Si. The van der Waals surface area contributed by atoms with Crippen LogP contribution in [0, 0.1) is 5.92 Å². The van der Waals surface area contributed by atoms with Gasteiger partial charge in [0.05, 0.1) is 20.3 Å². The first-order valence-electron chi connectivity index (χ1n) is 21.0. The third-order valence-electron chi connectivity index (χ3n) is 11.3. The summed E-state index contributed by atoms with van der Waals surface area (Å²) in [6, 6.07) is 10.8. The summed E-state index contributed by atoms with van der Waals surface area (Å²) >= 11 is 0. The number of halogens is 17. The maximum absolute atomic E-state index is 15.1. The van der Waals surface area contributed by atoms with Gasteiger partial charge in [-0.25, -0.2) is 9.59 Å². The second kappa shape index (κ2) is 22.8. The van der Waals surface area contributed by atoms with Crippen molar-refractivity contribution in [3.63, 3.8) is 0 Å². The van der Waals surface area contributed by atoms with Gasteiger partial charge in [-0.1, -0.05) is 58.4 Å². The molecule has 0 spiro atoms. The Hall–Kier alpha value is -4.75. The number of methoxy groups -OCH3 is 1. The molecule has 0 fully saturated rings. The molecule has 26 heteroatoms. The molecule has 0 unspecified atom stereocenters. The molecule has 0 saturated heterocycles. The van der Waals surface area contributed by atoms with Crippen molar-refractivity contribution >= 4 is 26.1 Å². The van der Waals surface area contributed by atoms with Gasteiger partial charge in [-0.2, -0.15) is 74.6 Å². The summed E-state index contributed by atoms with van der Waals surface area (Å²) in [5.74, 6) is -57.4. The monoisotopic (exact) mass is 1060 g/mol. The van der Waals surface area contributed by atoms with Gasteiger partial charge in [0.25, 0.3) is 0 Å². The topological polar surface area (TPSA) is 92.3 Å². The molecule has 0 heterocycles. The van der Waals surface area contributed by atoms with Gasteiger partial charge in [-0.15, -0.1) is 0 Å². The largest absolute Gasteiger partial charge is 0.497 e. The molecular weight excluding hydrogens is 1010 g/mol. The first kappa shape index (κ1) is 61.4. The highest BCUT2D eigenvalue weighted by Gasteiger charge is 2.95. The summed E-state index contributed by atoms with van der Waals surface area (Å²) in [5, 5.41) is 2.60. The molecule has 0 aliphatic rings. The highest BCUT2D eigenvalue weighted by molar-refractivity contribution is 6.76. The smallest absolute Gasteiger partial charge is 0.460 e. The van der Waals surface area contributed by atoms with Crippen LogP contribution in [-0.2, 0) is 18.7 Å². The lowest BCUT2D eigenvalue weighted by Crippen LogP contribution is -2.74. The Kier molecular flexibility index (Phi) is 20.0. The number of carbonyl (C=O) groups excluding carboxylic acids is 2. The van der Waals surface area contributed by atoms with Gasteiger partial charge in [0.1, 0.15) is 24.2 Å². The van der Waals surface area contributed by atoms with Crippen LogP contribution in [-0.4, -0.2) is 94.9 Å². The summed E-state index contributed by atoms with van der Waals surface area (Å²) < 4.78 is 264. The summed E-state index contributed by atoms with van der Waals surface area (Å²) in [5.41, 5.74) is 0.169. The standard InChI is InChI=1S/C44H52F17NO7Si/c1-10-66-34(63)24-27(6)23-28(7)29(8)35(69-36(64)62-31-13-17-32(65-9)18-14-31)30-11-15-33(16-12-30)67-20-21-68-70(25(2)3,26(4)5)22-19-37(45,46)38(47,48)39(49,50)40(51,52)41(53,54)42(55,56)43(57,58)44(59,60)61/h11-18,23-26,29,35H,10,19-22H2,1-9H3,(H,62,64)/b27-24+,28-23+/t29-,35-/m0/s1. The third kappa shape index (κ3) is 12.8. The predicted octanol–water partition coefficient (Wildman–Crippen LogP) is 14.6. The quantitative estimate of drug-likeness (QED) is 0.0264. The summed E-state index contributed by atoms with van der Waals surface area (Å²) in [4.78, 5) is 25.2. The molecule has 1 amide bonds. The molecule has 0 aromatic heterocycles. The van der Waals surface area contributed by atoms with Crippen LogP contribution >= 0.6 is 0 Å². The van der Waals surface area contributed by atoms with Crippen LogP contribution in [0.5, 0.6) is 11.5 Å². The van der Waals surface area contributed by atoms with Gasteiger partial charge in [0.2, 0.25) is 0 Å². The average Bonchev–Trinajstić information content (AvgIpc) is 3.24. The normalized spacial score (nSPS) is 15.2. The van der Waals surface area contributed by atoms with Crippen molar-refractivity contribution in [2.45, 2.75) is 133 Å². The molecule has 0 bridgehead atoms. The van der Waals surface area contributed by atoms with Crippen molar-refractivity contribution in [2.24, 2.45) is 5.92 Å². The van der Waals surface area contributed by atoms with Crippen LogP contribution in [0.25, 0.3) is 0 Å². The zero-order chi connectivity index (χ0) is 54.3. The minimum Gasteiger partial charge on any atom is -0.497 e. The van der Waals surface area contributed by atoms with Crippen LogP contribution in [0.15, 0.2) is 71.8 Å². The van der Waals surface area contributed by atoms with E-state index in [1.807, 2.05) is 0 Å². The lowest BCUT2D eigenvalue weighted by Gasteiger charge is -2.44. The van der Waals surface area contributed by atoms with Gasteiger partial charge in [0.15, 0.2) is 8.32 Å². The van der Waals surface area contributed by atoms with Crippen LogP contribution in [0.3, 0.4) is 0 Å². The Morgan fingerprint density at radius 1 is 0.643 bits per heavy atom. The highest BCUT2D eigenvalue weighted by Crippen LogP contribution is 2.64. The minimum absolute atomic E-state index is 0.119. The van der Waals surface area contributed by atoms with E-state index in [-0.39, 0.29) is 12.4 Å². The second-order valence-corrected chi connectivity index (χ2v) is 21.7. The van der Waals surface area contributed by atoms with Crippen molar-refractivity contribution in [1.29, 1.82) is 0 Å². The number of rotatable bonds is 25. The van der Waals surface area contributed by atoms with Crippen molar-refractivity contribution in [3.05, 3.63) is 77.4 Å². The fourth-order valence-corrected chi connectivity index (χ4v) is 11.5. The summed E-state index contributed by atoms with van der Waals surface area (Å²) in [6.07, 6.45) is -9.31. The summed E-state index contributed by atoms with van der Waals surface area (Å²) in [6.45, 7) is 11.2. The van der Waals surface area contributed by atoms with Crippen LogP contribution in [0.1, 0.15) is 73.5 Å². The Morgan fingerprint density at radius 3 is 1.57 bits per heavy atom. The molecule has 0 aliphatic heterocycles. The zero-order valence-electron chi connectivity index (χ0n) is 38.9. The van der Waals surface area contributed by atoms with Crippen LogP contribution in [0.2, 0.25) is 17.1 Å². The van der Waals surface area contributed by atoms with Gasteiger partial charge >= 0.3 is 59.7 Å². The van der Waals surface area contributed by atoms with Crippen molar-refractivity contribution in [2.75, 3.05) is 32.2 Å². The van der Waals surface area contributed by atoms with E-state index in [4.69, 9.17) is 23.4 Å². The first-order valence-corrected chi connectivity index (χ1v) is 23.3. The average molecular weight is 1060 g/mol. The SMILES string of the molecule is CCOC(=O)/C=C(C)/C=C(\C)[C@H](C)[C@H](OC(=O)Nc1ccc(OC)cc1)c1ccc(OCCO[Si](CCC(F)(F)C(F)(F)C(F)(F)C(F)(F)C(F)(F)C(F)(F)C(F)(F)C(F)(F)F)(C(C)C)C(C)C)cc1. The van der Waals surface area contributed by atoms with E-state index in [9.17, 15) is 75.4 Å². The Balaban J connectivity index is 2.36. The van der Waals surface area contributed by atoms with Gasteiger partial charge < -0.3 is 23.4 Å². The number of esters is 1. The van der Waals surface area contributed by atoms with E-state index in [1.165, 1.54) is 65.1 Å². The minimum atomic E-state index is -8.70. The first-order chi connectivity index (χ1) is 31.8. The molecule has 2 rings (SSSR count). The van der Waals surface area contributed by atoms with Crippen molar-refractivity contribution < 1.29 is 108 Å². The molecule has 8 nitrogen and oxygen atoms in total. The van der Waals surface area contributed by atoms with Crippen molar-refractivity contribution in [1.82, 2.24) is 0 Å². The molecule has 1 N–H and O–H groups in total. The molecule has 0 saturated carbocycles. The Labute approximate surface area is 393 Å². The maximum Gasteiger partial charge on any atom is 0.460 e.